The van der Waals surface area contributed by atoms with Crippen molar-refractivity contribution in [2.75, 3.05) is 47.3 Å². The van der Waals surface area contributed by atoms with Crippen LogP contribution in [0.15, 0.2) is 48.5 Å². The fourth-order valence-electron chi connectivity index (χ4n) is 3.08. The van der Waals surface area contributed by atoms with Crippen LogP contribution in [0.25, 0.3) is 0 Å². The number of nitrogens with zero attached hydrogens (tertiary/aromatic N) is 3. The first-order valence-corrected chi connectivity index (χ1v) is 9.94. The van der Waals surface area contributed by atoms with Gasteiger partial charge in [0.1, 0.15) is 0 Å². The first-order chi connectivity index (χ1) is 14.2. The number of rotatable bonds is 12. The molecular formula is C23H31N3O4. The molecule has 7 nitrogen and oxygen atoms in total. The lowest BCUT2D eigenvalue weighted by atomic mass is 10.1. The van der Waals surface area contributed by atoms with Crippen LogP contribution in [-0.4, -0.2) is 84.2 Å². The standard InChI is InChI=1S/C23H31N3O4/c1-24(12-14-25(2)16-18-4-8-20(9-5-18)22(27)28)13-15-26(3)17-19-6-10-21(11-7-19)23(29)30/h4-11H,12-17H2,1-3H3,(H,27,28)(H,29,30). The predicted molar refractivity (Wildman–Crippen MR) is 117 cm³/mol. The predicted octanol–water partition coefficient (Wildman–Crippen LogP) is 2.58. The summed E-state index contributed by atoms with van der Waals surface area (Å²) in [6.07, 6.45) is 0. The molecule has 30 heavy (non-hydrogen) atoms. The maximum atomic E-state index is 10.9. The third kappa shape index (κ3) is 7.94. The van der Waals surface area contributed by atoms with E-state index >= 15 is 0 Å². The van der Waals surface area contributed by atoms with Gasteiger partial charge in [-0.2, -0.15) is 0 Å². The molecule has 0 bridgehead atoms. The quantitative estimate of drug-likeness (QED) is 0.553. The van der Waals surface area contributed by atoms with Gasteiger partial charge in [0.25, 0.3) is 0 Å². The maximum absolute atomic E-state index is 10.9. The van der Waals surface area contributed by atoms with Crippen molar-refractivity contribution in [3.05, 3.63) is 70.8 Å². The highest BCUT2D eigenvalue weighted by Gasteiger charge is 2.08. The molecule has 2 N–H and O–H groups in total. The number of aromatic carboxylic acids is 2. The molecule has 0 unspecified atom stereocenters. The van der Waals surface area contributed by atoms with E-state index in [0.717, 1.165) is 50.4 Å². The van der Waals surface area contributed by atoms with Crippen LogP contribution >= 0.6 is 0 Å². The van der Waals surface area contributed by atoms with Gasteiger partial charge < -0.3 is 24.9 Å². The summed E-state index contributed by atoms with van der Waals surface area (Å²) in [5.41, 5.74) is 2.81. The molecule has 0 aliphatic carbocycles. The van der Waals surface area contributed by atoms with E-state index in [1.165, 1.54) is 0 Å². The summed E-state index contributed by atoms with van der Waals surface area (Å²) in [4.78, 5) is 28.6. The Bertz CT molecular complexity index is 752. The maximum Gasteiger partial charge on any atom is 0.335 e. The molecule has 2 aromatic rings. The van der Waals surface area contributed by atoms with Gasteiger partial charge in [-0.3, -0.25) is 0 Å². The summed E-state index contributed by atoms with van der Waals surface area (Å²) in [6.45, 7) is 5.25. The summed E-state index contributed by atoms with van der Waals surface area (Å²) < 4.78 is 0. The van der Waals surface area contributed by atoms with Crippen LogP contribution in [0.5, 0.6) is 0 Å². The molecular weight excluding hydrogens is 382 g/mol. The van der Waals surface area contributed by atoms with E-state index in [1.807, 2.05) is 24.3 Å². The lowest BCUT2D eigenvalue weighted by molar-refractivity contribution is 0.0686. The summed E-state index contributed by atoms with van der Waals surface area (Å²) in [6, 6.07) is 14.0. The Balaban J connectivity index is 1.67. The Kier molecular flexibility index (Phi) is 8.98. The molecule has 0 heterocycles. The zero-order valence-electron chi connectivity index (χ0n) is 17.9. The summed E-state index contributed by atoms with van der Waals surface area (Å²) in [7, 11) is 6.22. The van der Waals surface area contributed by atoms with Gasteiger partial charge in [0.15, 0.2) is 0 Å². The number of carboxylic acids is 2. The van der Waals surface area contributed by atoms with Crippen LogP contribution in [0.1, 0.15) is 31.8 Å². The molecule has 0 amide bonds. The van der Waals surface area contributed by atoms with Crippen molar-refractivity contribution in [1.82, 2.24) is 14.7 Å². The van der Waals surface area contributed by atoms with Gasteiger partial charge in [-0.25, -0.2) is 9.59 Å². The molecule has 7 heteroatoms. The molecule has 0 saturated carbocycles. The topological polar surface area (TPSA) is 84.3 Å². The van der Waals surface area contributed by atoms with Gasteiger partial charge in [0.05, 0.1) is 11.1 Å². The third-order valence-corrected chi connectivity index (χ3v) is 5.03. The highest BCUT2D eigenvalue weighted by molar-refractivity contribution is 5.87. The molecule has 162 valence electrons. The van der Waals surface area contributed by atoms with E-state index in [2.05, 4.69) is 35.8 Å². The Morgan fingerprint density at radius 3 is 1.20 bits per heavy atom. The van der Waals surface area contributed by atoms with Gasteiger partial charge in [-0.15, -0.1) is 0 Å². The van der Waals surface area contributed by atoms with E-state index < -0.39 is 11.9 Å². The van der Waals surface area contributed by atoms with E-state index in [0.29, 0.717) is 11.1 Å². The van der Waals surface area contributed by atoms with Crippen LogP contribution in [0.4, 0.5) is 0 Å². The minimum Gasteiger partial charge on any atom is -0.478 e. The highest BCUT2D eigenvalue weighted by atomic mass is 16.4. The normalized spacial score (nSPS) is 11.4. The molecule has 2 aromatic carbocycles. The van der Waals surface area contributed by atoms with Gasteiger partial charge in [-0.1, -0.05) is 24.3 Å². The number of hydrogen-bond donors (Lipinski definition) is 2. The van der Waals surface area contributed by atoms with E-state index in [4.69, 9.17) is 10.2 Å². The van der Waals surface area contributed by atoms with Crippen LogP contribution in [0.2, 0.25) is 0 Å². The minimum atomic E-state index is -0.904. The van der Waals surface area contributed by atoms with Crippen LogP contribution in [0, 0.1) is 0 Å². The third-order valence-electron chi connectivity index (χ3n) is 5.03. The number of hydrogen-bond acceptors (Lipinski definition) is 5. The molecule has 0 aliphatic heterocycles. The van der Waals surface area contributed by atoms with Gasteiger partial charge >= 0.3 is 11.9 Å². The Labute approximate surface area is 178 Å². The first-order valence-electron chi connectivity index (χ1n) is 9.94. The number of likely N-dealkylation sites (N-methyl/N-ethyl adjacent to an activating group) is 3. The van der Waals surface area contributed by atoms with Crippen molar-refractivity contribution >= 4 is 11.9 Å². The zero-order valence-corrected chi connectivity index (χ0v) is 17.9. The summed E-state index contributed by atoms with van der Waals surface area (Å²) in [5.74, 6) is -1.81. The smallest absolute Gasteiger partial charge is 0.335 e. The van der Waals surface area contributed by atoms with Gasteiger partial charge in [0, 0.05) is 39.3 Å². The second-order valence-electron chi connectivity index (χ2n) is 7.78. The van der Waals surface area contributed by atoms with Crippen molar-refractivity contribution in [2.45, 2.75) is 13.1 Å². The molecule has 0 saturated heterocycles. The molecule has 0 aliphatic rings. The number of carboxylic acid groups (broad SMARTS) is 2. The van der Waals surface area contributed by atoms with Crippen LogP contribution < -0.4 is 0 Å². The zero-order chi connectivity index (χ0) is 22.1. The molecule has 0 fully saturated rings. The molecule has 0 spiro atoms. The largest absolute Gasteiger partial charge is 0.478 e. The Hall–Kier alpha value is -2.74. The van der Waals surface area contributed by atoms with Gasteiger partial charge in [0.2, 0.25) is 0 Å². The first kappa shape index (κ1) is 23.5. The van der Waals surface area contributed by atoms with E-state index in [9.17, 15) is 9.59 Å². The van der Waals surface area contributed by atoms with E-state index in [-0.39, 0.29) is 0 Å². The average Bonchev–Trinajstić information content (AvgIpc) is 2.71. The highest BCUT2D eigenvalue weighted by Crippen LogP contribution is 2.08. The van der Waals surface area contributed by atoms with Crippen molar-refractivity contribution in [3.8, 4) is 0 Å². The van der Waals surface area contributed by atoms with Crippen molar-refractivity contribution < 1.29 is 19.8 Å². The summed E-state index contributed by atoms with van der Waals surface area (Å²) in [5, 5.41) is 17.9. The van der Waals surface area contributed by atoms with E-state index in [1.54, 1.807) is 24.3 Å². The second-order valence-corrected chi connectivity index (χ2v) is 7.78. The molecule has 2 rings (SSSR count). The van der Waals surface area contributed by atoms with Crippen molar-refractivity contribution in [2.24, 2.45) is 0 Å². The Morgan fingerprint density at radius 2 is 0.900 bits per heavy atom. The van der Waals surface area contributed by atoms with Crippen LogP contribution in [-0.2, 0) is 13.1 Å². The fourth-order valence-corrected chi connectivity index (χ4v) is 3.08. The monoisotopic (exact) mass is 413 g/mol. The lowest BCUT2D eigenvalue weighted by Gasteiger charge is -2.24. The van der Waals surface area contributed by atoms with Crippen molar-refractivity contribution in [3.63, 3.8) is 0 Å². The lowest BCUT2D eigenvalue weighted by Crippen LogP contribution is -2.35. The molecule has 0 atom stereocenters. The SMILES string of the molecule is CN(CCN(C)Cc1ccc(C(=O)O)cc1)CCN(C)Cc1ccc(C(=O)O)cc1. The Morgan fingerprint density at radius 1 is 0.600 bits per heavy atom. The van der Waals surface area contributed by atoms with Crippen molar-refractivity contribution in [1.29, 1.82) is 0 Å². The van der Waals surface area contributed by atoms with Gasteiger partial charge in [-0.05, 0) is 56.5 Å². The molecule has 0 aromatic heterocycles. The number of benzene rings is 2. The molecule has 0 radical (unpaired) electrons. The fraction of sp³-hybridized carbons (Fsp3) is 0.391. The number of carbonyl (C=O) groups is 2. The minimum absolute atomic E-state index is 0.308. The summed E-state index contributed by atoms with van der Waals surface area (Å²) >= 11 is 0. The second kappa shape index (κ2) is 11.4. The van der Waals surface area contributed by atoms with Crippen LogP contribution in [0.3, 0.4) is 0 Å². The average molecular weight is 414 g/mol.